The summed E-state index contributed by atoms with van der Waals surface area (Å²) in [6.07, 6.45) is 3.99. The van der Waals surface area contributed by atoms with Gasteiger partial charge in [0.25, 0.3) is 5.91 Å². The van der Waals surface area contributed by atoms with Gasteiger partial charge in [-0.05, 0) is 37.3 Å². The highest BCUT2D eigenvalue weighted by Crippen LogP contribution is 2.16. The Morgan fingerprint density at radius 3 is 2.35 bits per heavy atom. The SMILES string of the molecule is COc1ccc(C(=O)N2CCN(C(=O)CC(C)n3cccn3)CC2)cc1. The van der Waals surface area contributed by atoms with E-state index in [9.17, 15) is 9.59 Å². The molecule has 1 unspecified atom stereocenters. The first-order valence-electron chi connectivity index (χ1n) is 8.78. The Balaban J connectivity index is 1.51. The molecular formula is C19H24N4O3. The van der Waals surface area contributed by atoms with Crippen molar-refractivity contribution in [3.63, 3.8) is 0 Å². The van der Waals surface area contributed by atoms with Crippen molar-refractivity contribution in [3.8, 4) is 5.75 Å². The number of amides is 2. The van der Waals surface area contributed by atoms with Gasteiger partial charge in [-0.1, -0.05) is 0 Å². The summed E-state index contributed by atoms with van der Waals surface area (Å²) in [4.78, 5) is 28.7. The Morgan fingerprint density at radius 1 is 1.12 bits per heavy atom. The third-order valence-electron chi connectivity index (χ3n) is 4.70. The first kappa shape index (κ1) is 18.0. The number of ether oxygens (including phenoxy) is 1. The largest absolute Gasteiger partial charge is 0.497 e. The van der Waals surface area contributed by atoms with E-state index in [-0.39, 0.29) is 17.9 Å². The maximum absolute atomic E-state index is 12.6. The molecule has 0 spiro atoms. The molecule has 1 saturated heterocycles. The van der Waals surface area contributed by atoms with Gasteiger partial charge in [0.2, 0.25) is 5.91 Å². The standard InChI is InChI=1S/C19H24N4O3/c1-15(23-9-3-8-20-23)14-18(24)21-10-12-22(13-11-21)19(25)16-4-6-17(26-2)7-5-16/h3-9,15H,10-14H2,1-2H3. The maximum Gasteiger partial charge on any atom is 0.253 e. The molecule has 3 rings (SSSR count). The highest BCUT2D eigenvalue weighted by atomic mass is 16.5. The molecule has 26 heavy (non-hydrogen) atoms. The predicted molar refractivity (Wildman–Crippen MR) is 97.0 cm³/mol. The zero-order chi connectivity index (χ0) is 18.5. The number of benzene rings is 1. The molecule has 1 atom stereocenters. The van der Waals surface area contributed by atoms with Crippen molar-refractivity contribution in [2.24, 2.45) is 0 Å². The first-order valence-corrected chi connectivity index (χ1v) is 8.78. The van der Waals surface area contributed by atoms with E-state index in [1.54, 1.807) is 47.2 Å². The van der Waals surface area contributed by atoms with Gasteiger partial charge in [0.1, 0.15) is 5.75 Å². The fourth-order valence-corrected chi connectivity index (χ4v) is 3.09. The zero-order valence-corrected chi connectivity index (χ0v) is 15.2. The Morgan fingerprint density at radius 2 is 1.77 bits per heavy atom. The van der Waals surface area contributed by atoms with Crippen LogP contribution in [0, 0.1) is 0 Å². The minimum absolute atomic E-state index is 0.00957. The maximum atomic E-state index is 12.6. The molecule has 1 aromatic heterocycles. The fourth-order valence-electron chi connectivity index (χ4n) is 3.09. The number of piperazine rings is 1. The van der Waals surface area contributed by atoms with Crippen LogP contribution in [0.25, 0.3) is 0 Å². The molecule has 1 aromatic carbocycles. The molecular weight excluding hydrogens is 332 g/mol. The molecule has 1 aliphatic heterocycles. The van der Waals surface area contributed by atoms with Crippen molar-refractivity contribution in [2.45, 2.75) is 19.4 Å². The summed E-state index contributed by atoms with van der Waals surface area (Å²) in [5.41, 5.74) is 0.637. The lowest BCUT2D eigenvalue weighted by Crippen LogP contribution is -2.50. The second kappa shape index (κ2) is 8.03. The molecule has 0 bridgehead atoms. The number of hydrogen-bond donors (Lipinski definition) is 0. The molecule has 2 aromatic rings. The number of rotatable bonds is 5. The van der Waals surface area contributed by atoms with Gasteiger partial charge in [-0.15, -0.1) is 0 Å². The highest BCUT2D eigenvalue weighted by Gasteiger charge is 2.25. The van der Waals surface area contributed by atoms with E-state index >= 15 is 0 Å². The Hall–Kier alpha value is -2.83. The van der Waals surface area contributed by atoms with Gasteiger partial charge >= 0.3 is 0 Å². The van der Waals surface area contributed by atoms with Crippen LogP contribution >= 0.6 is 0 Å². The van der Waals surface area contributed by atoms with E-state index in [2.05, 4.69) is 5.10 Å². The van der Waals surface area contributed by atoms with Crippen molar-refractivity contribution in [1.29, 1.82) is 0 Å². The number of carbonyl (C=O) groups is 2. The van der Waals surface area contributed by atoms with Crippen LogP contribution in [-0.2, 0) is 4.79 Å². The summed E-state index contributed by atoms with van der Waals surface area (Å²) in [5, 5.41) is 4.18. The zero-order valence-electron chi connectivity index (χ0n) is 15.2. The second-order valence-electron chi connectivity index (χ2n) is 6.44. The molecule has 7 nitrogen and oxygen atoms in total. The van der Waals surface area contributed by atoms with Gasteiger partial charge in [0, 0.05) is 50.6 Å². The van der Waals surface area contributed by atoms with Gasteiger partial charge in [0.15, 0.2) is 0 Å². The fraction of sp³-hybridized carbons (Fsp3) is 0.421. The van der Waals surface area contributed by atoms with Crippen molar-refractivity contribution < 1.29 is 14.3 Å². The van der Waals surface area contributed by atoms with Gasteiger partial charge in [-0.2, -0.15) is 5.10 Å². The lowest BCUT2D eigenvalue weighted by molar-refractivity contribution is -0.133. The second-order valence-corrected chi connectivity index (χ2v) is 6.44. The van der Waals surface area contributed by atoms with E-state index in [0.717, 1.165) is 5.75 Å². The number of carbonyl (C=O) groups excluding carboxylic acids is 2. The lowest BCUT2D eigenvalue weighted by atomic mass is 10.1. The molecule has 0 radical (unpaired) electrons. The summed E-state index contributed by atoms with van der Waals surface area (Å²) in [7, 11) is 1.60. The molecule has 1 fully saturated rings. The number of methoxy groups -OCH3 is 1. The molecule has 0 saturated carbocycles. The Kier molecular flexibility index (Phi) is 5.55. The van der Waals surface area contributed by atoms with Crippen molar-refractivity contribution >= 4 is 11.8 Å². The summed E-state index contributed by atoms with van der Waals surface area (Å²) < 4.78 is 6.91. The quantitative estimate of drug-likeness (QED) is 0.820. The van der Waals surface area contributed by atoms with Crippen molar-refractivity contribution in [1.82, 2.24) is 19.6 Å². The predicted octanol–water partition coefficient (Wildman–Crippen LogP) is 1.83. The summed E-state index contributed by atoms with van der Waals surface area (Å²) in [6, 6.07) is 8.98. The summed E-state index contributed by atoms with van der Waals surface area (Å²) in [5.74, 6) is 0.817. The summed E-state index contributed by atoms with van der Waals surface area (Å²) in [6.45, 7) is 4.20. The van der Waals surface area contributed by atoms with Crippen LogP contribution in [0.4, 0.5) is 0 Å². The average molecular weight is 356 g/mol. The molecule has 0 aliphatic carbocycles. The molecule has 1 aliphatic rings. The van der Waals surface area contributed by atoms with E-state index in [4.69, 9.17) is 4.74 Å². The van der Waals surface area contributed by atoms with E-state index in [0.29, 0.717) is 38.2 Å². The smallest absolute Gasteiger partial charge is 0.253 e. The van der Waals surface area contributed by atoms with Gasteiger partial charge in [0.05, 0.1) is 13.2 Å². The van der Waals surface area contributed by atoms with Gasteiger partial charge < -0.3 is 14.5 Å². The van der Waals surface area contributed by atoms with Gasteiger partial charge in [-0.3, -0.25) is 14.3 Å². The normalized spacial score (nSPS) is 15.6. The van der Waals surface area contributed by atoms with E-state index in [1.165, 1.54) is 0 Å². The van der Waals surface area contributed by atoms with Crippen LogP contribution < -0.4 is 4.74 Å². The van der Waals surface area contributed by atoms with Crippen molar-refractivity contribution in [3.05, 3.63) is 48.3 Å². The van der Waals surface area contributed by atoms with Crippen LogP contribution in [0.2, 0.25) is 0 Å². The van der Waals surface area contributed by atoms with Crippen LogP contribution in [0.5, 0.6) is 5.75 Å². The molecule has 0 N–H and O–H groups in total. The monoisotopic (exact) mass is 356 g/mol. The molecule has 2 heterocycles. The van der Waals surface area contributed by atoms with Crippen LogP contribution in [0.1, 0.15) is 29.7 Å². The van der Waals surface area contributed by atoms with Crippen LogP contribution in [0.15, 0.2) is 42.7 Å². The number of nitrogens with zero attached hydrogens (tertiary/aromatic N) is 4. The van der Waals surface area contributed by atoms with E-state index in [1.807, 2.05) is 24.1 Å². The van der Waals surface area contributed by atoms with Gasteiger partial charge in [-0.25, -0.2) is 0 Å². The lowest BCUT2D eigenvalue weighted by Gasteiger charge is -2.35. The first-order chi connectivity index (χ1) is 12.6. The minimum atomic E-state index is -0.00957. The molecule has 7 heteroatoms. The highest BCUT2D eigenvalue weighted by molar-refractivity contribution is 5.94. The van der Waals surface area contributed by atoms with E-state index < -0.39 is 0 Å². The third-order valence-corrected chi connectivity index (χ3v) is 4.70. The topological polar surface area (TPSA) is 67.7 Å². The molecule has 138 valence electrons. The minimum Gasteiger partial charge on any atom is -0.497 e. The number of aromatic nitrogens is 2. The number of hydrogen-bond acceptors (Lipinski definition) is 4. The summed E-state index contributed by atoms with van der Waals surface area (Å²) >= 11 is 0. The molecule has 2 amide bonds. The van der Waals surface area contributed by atoms with Crippen LogP contribution in [-0.4, -0.2) is 64.7 Å². The average Bonchev–Trinajstić information content (AvgIpc) is 3.22. The Bertz CT molecular complexity index is 735. The third kappa shape index (κ3) is 4.04. The van der Waals surface area contributed by atoms with Crippen molar-refractivity contribution in [2.75, 3.05) is 33.3 Å². The van der Waals surface area contributed by atoms with Crippen LogP contribution in [0.3, 0.4) is 0 Å². The Labute approximate surface area is 153 Å².